The summed E-state index contributed by atoms with van der Waals surface area (Å²) in [4.78, 5) is -1.57. The van der Waals surface area contributed by atoms with Gasteiger partial charge in [-0.25, -0.2) is 26.0 Å². The van der Waals surface area contributed by atoms with Gasteiger partial charge in [0.2, 0.25) is 10.0 Å². The summed E-state index contributed by atoms with van der Waals surface area (Å²) in [6, 6.07) is -0.0167. The van der Waals surface area contributed by atoms with E-state index in [4.69, 9.17) is 5.73 Å². The van der Waals surface area contributed by atoms with Crippen LogP contribution >= 0.6 is 0 Å². The van der Waals surface area contributed by atoms with Crippen LogP contribution in [0.1, 0.15) is 19.3 Å². The van der Waals surface area contributed by atoms with Crippen LogP contribution in [0.4, 0.5) is 17.6 Å². The lowest BCUT2D eigenvalue weighted by atomic mass is 9.96. The van der Waals surface area contributed by atoms with Gasteiger partial charge in [-0.2, -0.15) is 4.31 Å². The molecule has 1 aromatic rings. The van der Waals surface area contributed by atoms with Crippen LogP contribution < -0.4 is 5.73 Å². The number of benzene rings is 1. The molecule has 1 aromatic carbocycles. The smallest absolute Gasteiger partial charge is 0.249 e. The molecule has 1 unspecified atom stereocenters. The largest absolute Gasteiger partial charge is 0.330 e. The molecule has 0 amide bonds. The molecule has 0 radical (unpaired) electrons. The number of piperidine rings is 1. The monoisotopic (exact) mass is 340 g/mol. The molecule has 4 nitrogen and oxygen atoms in total. The summed E-state index contributed by atoms with van der Waals surface area (Å²) in [5.41, 5.74) is 5.43. The van der Waals surface area contributed by atoms with Gasteiger partial charge in [0.1, 0.15) is 0 Å². The number of hydrogen-bond donors (Lipinski definition) is 1. The first-order chi connectivity index (χ1) is 10.3. The quantitative estimate of drug-likeness (QED) is 0.673. The standard InChI is InChI=1S/C13H16F4N2O2S/c14-9-6-10(15)12(17)13(11(9)16)22(20,21)19-5-1-2-8(7-19)3-4-18/h6,8H,1-5,7,18H2. The highest BCUT2D eigenvalue weighted by Gasteiger charge is 2.36. The molecule has 2 rings (SSSR count). The third-order valence-corrected chi connectivity index (χ3v) is 5.61. The fraction of sp³-hybridized carbons (Fsp3) is 0.538. The van der Waals surface area contributed by atoms with Crippen LogP contribution in [0.25, 0.3) is 0 Å². The fourth-order valence-electron chi connectivity index (χ4n) is 2.62. The maximum Gasteiger partial charge on any atom is 0.249 e. The Hall–Kier alpha value is -1.19. The first-order valence-corrected chi connectivity index (χ1v) is 8.26. The second-order valence-electron chi connectivity index (χ2n) is 5.25. The Balaban J connectivity index is 2.43. The maximum absolute atomic E-state index is 13.7. The normalized spacial score (nSPS) is 20.3. The Morgan fingerprint density at radius 2 is 1.77 bits per heavy atom. The van der Waals surface area contributed by atoms with Crippen molar-refractivity contribution in [3.05, 3.63) is 29.3 Å². The fourth-order valence-corrected chi connectivity index (χ4v) is 4.31. The number of rotatable bonds is 4. The summed E-state index contributed by atoms with van der Waals surface area (Å²) < 4.78 is 79.5. The van der Waals surface area contributed by atoms with Gasteiger partial charge in [-0.1, -0.05) is 0 Å². The van der Waals surface area contributed by atoms with Crippen molar-refractivity contribution in [2.24, 2.45) is 11.7 Å². The van der Waals surface area contributed by atoms with E-state index in [-0.39, 0.29) is 25.1 Å². The van der Waals surface area contributed by atoms with Crippen LogP contribution in [0.3, 0.4) is 0 Å². The van der Waals surface area contributed by atoms with E-state index in [1.54, 1.807) is 0 Å². The van der Waals surface area contributed by atoms with Crippen molar-refractivity contribution in [1.82, 2.24) is 4.31 Å². The second-order valence-corrected chi connectivity index (χ2v) is 7.12. The summed E-state index contributed by atoms with van der Waals surface area (Å²) in [5, 5.41) is 0. The van der Waals surface area contributed by atoms with Gasteiger partial charge in [0.15, 0.2) is 28.2 Å². The molecule has 1 aliphatic rings. The third kappa shape index (κ3) is 3.11. The van der Waals surface area contributed by atoms with Crippen LogP contribution in [-0.2, 0) is 10.0 Å². The topological polar surface area (TPSA) is 63.4 Å². The van der Waals surface area contributed by atoms with Gasteiger partial charge in [0, 0.05) is 19.2 Å². The Labute approximate surface area is 126 Å². The highest BCUT2D eigenvalue weighted by molar-refractivity contribution is 7.89. The summed E-state index contributed by atoms with van der Waals surface area (Å²) in [6.45, 7) is 0.423. The number of nitrogens with zero attached hydrogens (tertiary/aromatic N) is 1. The molecule has 1 fully saturated rings. The van der Waals surface area contributed by atoms with Gasteiger partial charge >= 0.3 is 0 Å². The SMILES string of the molecule is NCCC1CCCN(S(=O)(=O)c2c(F)c(F)cc(F)c2F)C1. The molecule has 0 aromatic heterocycles. The first-order valence-electron chi connectivity index (χ1n) is 6.82. The van der Waals surface area contributed by atoms with Crippen LogP contribution in [-0.4, -0.2) is 32.4 Å². The molecule has 0 bridgehead atoms. The van der Waals surface area contributed by atoms with E-state index in [0.29, 0.717) is 19.4 Å². The van der Waals surface area contributed by atoms with E-state index in [1.165, 1.54) is 0 Å². The van der Waals surface area contributed by atoms with Crippen LogP contribution in [0.5, 0.6) is 0 Å². The predicted molar refractivity (Wildman–Crippen MR) is 71.4 cm³/mol. The zero-order chi connectivity index (χ0) is 16.5. The van der Waals surface area contributed by atoms with Crippen molar-refractivity contribution in [1.29, 1.82) is 0 Å². The van der Waals surface area contributed by atoms with Gasteiger partial charge in [-0.3, -0.25) is 0 Å². The van der Waals surface area contributed by atoms with Crippen molar-refractivity contribution in [2.45, 2.75) is 24.2 Å². The van der Waals surface area contributed by atoms with Gasteiger partial charge < -0.3 is 5.73 Å². The molecule has 124 valence electrons. The van der Waals surface area contributed by atoms with E-state index in [9.17, 15) is 26.0 Å². The third-order valence-electron chi connectivity index (χ3n) is 3.73. The van der Waals surface area contributed by atoms with Gasteiger partial charge in [0.25, 0.3) is 0 Å². The molecule has 1 atom stereocenters. The minimum atomic E-state index is -4.66. The zero-order valence-corrected chi connectivity index (χ0v) is 12.5. The van der Waals surface area contributed by atoms with Crippen LogP contribution in [0, 0.1) is 29.2 Å². The zero-order valence-electron chi connectivity index (χ0n) is 11.7. The average Bonchev–Trinajstić information content (AvgIpc) is 2.46. The average molecular weight is 340 g/mol. The molecule has 1 saturated heterocycles. The van der Waals surface area contributed by atoms with Crippen LogP contribution in [0.15, 0.2) is 11.0 Å². The molecule has 1 aliphatic heterocycles. The second kappa shape index (κ2) is 6.51. The molecular formula is C13H16F4N2O2S. The van der Waals surface area contributed by atoms with Crippen LogP contribution in [0.2, 0.25) is 0 Å². The Morgan fingerprint density at radius 1 is 1.18 bits per heavy atom. The number of sulfonamides is 1. The molecule has 0 spiro atoms. The summed E-state index contributed by atoms with van der Waals surface area (Å²) in [7, 11) is -4.66. The Morgan fingerprint density at radius 3 is 2.32 bits per heavy atom. The van der Waals surface area contributed by atoms with E-state index in [1.807, 2.05) is 0 Å². The Kier molecular flexibility index (Phi) is 5.08. The molecule has 9 heteroatoms. The van der Waals surface area contributed by atoms with Gasteiger partial charge in [-0.05, 0) is 31.7 Å². The highest BCUT2D eigenvalue weighted by Crippen LogP contribution is 2.30. The molecular weight excluding hydrogens is 324 g/mol. The number of nitrogens with two attached hydrogens (primary N) is 1. The maximum atomic E-state index is 13.7. The molecule has 0 aliphatic carbocycles. The van der Waals surface area contributed by atoms with Crippen molar-refractivity contribution < 1.29 is 26.0 Å². The van der Waals surface area contributed by atoms with Crippen molar-refractivity contribution in [3.8, 4) is 0 Å². The van der Waals surface area contributed by atoms with E-state index < -0.39 is 38.2 Å². The molecule has 22 heavy (non-hydrogen) atoms. The first kappa shape index (κ1) is 17.2. The van der Waals surface area contributed by atoms with Crippen molar-refractivity contribution >= 4 is 10.0 Å². The predicted octanol–water partition coefficient (Wildman–Crippen LogP) is 1.99. The molecule has 2 N–H and O–H groups in total. The lowest BCUT2D eigenvalue weighted by Crippen LogP contribution is -2.41. The molecule has 0 saturated carbocycles. The lowest BCUT2D eigenvalue weighted by molar-refractivity contribution is 0.256. The van der Waals surface area contributed by atoms with E-state index >= 15 is 0 Å². The summed E-state index contributed by atoms with van der Waals surface area (Å²) >= 11 is 0. The van der Waals surface area contributed by atoms with Crippen molar-refractivity contribution in [2.75, 3.05) is 19.6 Å². The van der Waals surface area contributed by atoms with Crippen molar-refractivity contribution in [3.63, 3.8) is 0 Å². The molecule has 1 heterocycles. The van der Waals surface area contributed by atoms with Gasteiger partial charge in [0.05, 0.1) is 0 Å². The summed E-state index contributed by atoms with van der Waals surface area (Å²) in [6.07, 6.45) is 1.80. The number of halogens is 4. The highest BCUT2D eigenvalue weighted by atomic mass is 32.2. The van der Waals surface area contributed by atoms with E-state index in [2.05, 4.69) is 0 Å². The van der Waals surface area contributed by atoms with E-state index in [0.717, 1.165) is 10.7 Å². The van der Waals surface area contributed by atoms with Gasteiger partial charge in [-0.15, -0.1) is 0 Å². The minimum absolute atomic E-state index is 0.0167. The summed E-state index contributed by atoms with van der Waals surface area (Å²) in [5.74, 6) is -7.33. The number of hydrogen-bond acceptors (Lipinski definition) is 3. The Bertz CT molecular complexity index is 638. The lowest BCUT2D eigenvalue weighted by Gasteiger charge is -2.31. The minimum Gasteiger partial charge on any atom is -0.330 e.